The smallest absolute Gasteiger partial charge is 0.317 e. The Labute approximate surface area is 104 Å². The van der Waals surface area contributed by atoms with E-state index in [1.807, 2.05) is 4.90 Å². The Morgan fingerprint density at radius 3 is 2.18 bits per heavy atom. The minimum absolute atomic E-state index is 0.191. The van der Waals surface area contributed by atoms with Crippen LogP contribution in [-0.2, 0) is 0 Å². The number of hydrogen-bond acceptors (Lipinski definition) is 1. The Morgan fingerprint density at radius 2 is 1.65 bits per heavy atom. The lowest BCUT2D eigenvalue weighted by atomic mass is 9.98. The summed E-state index contributed by atoms with van der Waals surface area (Å²) in [5.74, 6) is 2.66. The van der Waals surface area contributed by atoms with Crippen LogP contribution in [0.2, 0.25) is 0 Å². The molecular formula is C14H24N2O. The summed E-state index contributed by atoms with van der Waals surface area (Å²) in [5, 5.41) is 3.18. The van der Waals surface area contributed by atoms with Crippen molar-refractivity contribution in [1.29, 1.82) is 0 Å². The van der Waals surface area contributed by atoms with E-state index in [-0.39, 0.29) is 6.03 Å². The van der Waals surface area contributed by atoms with E-state index in [2.05, 4.69) is 5.32 Å². The molecule has 0 atom stereocenters. The molecule has 0 aromatic carbocycles. The summed E-state index contributed by atoms with van der Waals surface area (Å²) in [5.41, 5.74) is 0. The summed E-state index contributed by atoms with van der Waals surface area (Å²) in [4.78, 5) is 14.0. The van der Waals surface area contributed by atoms with Gasteiger partial charge in [-0.1, -0.05) is 0 Å². The normalized spacial score (nSPS) is 25.1. The molecule has 1 saturated heterocycles. The third kappa shape index (κ3) is 2.93. The van der Waals surface area contributed by atoms with Gasteiger partial charge in [0.15, 0.2) is 0 Å². The fourth-order valence-corrected chi connectivity index (χ4v) is 3.18. The van der Waals surface area contributed by atoms with Crippen LogP contribution in [-0.4, -0.2) is 30.6 Å². The van der Waals surface area contributed by atoms with Crippen molar-refractivity contribution in [2.45, 2.75) is 44.9 Å². The largest absolute Gasteiger partial charge is 0.338 e. The molecule has 3 heteroatoms. The predicted octanol–water partition coefficient (Wildman–Crippen LogP) is 2.62. The lowest BCUT2D eigenvalue weighted by molar-refractivity contribution is 0.183. The molecule has 3 nitrogen and oxygen atoms in total. The second-order valence-electron chi connectivity index (χ2n) is 6.07. The highest BCUT2D eigenvalue weighted by molar-refractivity contribution is 5.74. The van der Waals surface area contributed by atoms with Gasteiger partial charge in [-0.3, -0.25) is 0 Å². The van der Waals surface area contributed by atoms with Crippen molar-refractivity contribution in [1.82, 2.24) is 10.2 Å². The molecule has 17 heavy (non-hydrogen) atoms. The maximum absolute atomic E-state index is 12.0. The van der Waals surface area contributed by atoms with E-state index in [1.54, 1.807) is 0 Å². The second-order valence-corrected chi connectivity index (χ2v) is 6.07. The second kappa shape index (κ2) is 4.87. The molecule has 0 aromatic rings. The molecule has 2 aliphatic carbocycles. The summed E-state index contributed by atoms with van der Waals surface area (Å²) >= 11 is 0. The Hall–Kier alpha value is -0.730. The fraction of sp³-hybridized carbons (Fsp3) is 0.929. The van der Waals surface area contributed by atoms with Gasteiger partial charge in [-0.05, 0) is 62.7 Å². The Balaban J connectivity index is 1.44. The van der Waals surface area contributed by atoms with Crippen LogP contribution in [0.3, 0.4) is 0 Å². The van der Waals surface area contributed by atoms with Crippen LogP contribution in [0.4, 0.5) is 4.79 Å². The molecule has 3 aliphatic rings. The average Bonchev–Trinajstić information content (AvgIpc) is 3.24. The third-order valence-corrected chi connectivity index (χ3v) is 4.59. The SMILES string of the molecule is O=C(NCC(C1CC1)C1CC1)N1CCCCC1. The maximum Gasteiger partial charge on any atom is 0.317 e. The lowest BCUT2D eigenvalue weighted by Gasteiger charge is -2.28. The van der Waals surface area contributed by atoms with Gasteiger partial charge in [-0.2, -0.15) is 0 Å². The van der Waals surface area contributed by atoms with E-state index in [0.717, 1.165) is 37.4 Å². The molecule has 0 bridgehead atoms. The van der Waals surface area contributed by atoms with Crippen LogP contribution in [0.5, 0.6) is 0 Å². The van der Waals surface area contributed by atoms with Gasteiger partial charge in [-0.15, -0.1) is 0 Å². The molecule has 0 spiro atoms. The zero-order valence-corrected chi connectivity index (χ0v) is 10.7. The summed E-state index contributed by atoms with van der Waals surface area (Å²) in [6.45, 7) is 2.86. The van der Waals surface area contributed by atoms with Crippen molar-refractivity contribution in [3.05, 3.63) is 0 Å². The van der Waals surface area contributed by atoms with Crippen LogP contribution >= 0.6 is 0 Å². The predicted molar refractivity (Wildman–Crippen MR) is 67.8 cm³/mol. The van der Waals surface area contributed by atoms with E-state index < -0.39 is 0 Å². The number of carbonyl (C=O) groups is 1. The van der Waals surface area contributed by atoms with E-state index in [4.69, 9.17) is 0 Å². The van der Waals surface area contributed by atoms with Crippen LogP contribution in [0.15, 0.2) is 0 Å². The van der Waals surface area contributed by atoms with E-state index in [0.29, 0.717) is 0 Å². The summed E-state index contributed by atoms with van der Waals surface area (Å²) < 4.78 is 0. The number of piperidine rings is 1. The van der Waals surface area contributed by atoms with Crippen molar-refractivity contribution < 1.29 is 4.79 Å². The van der Waals surface area contributed by atoms with Crippen LogP contribution in [0.25, 0.3) is 0 Å². The Bertz CT molecular complexity index is 266. The minimum atomic E-state index is 0.191. The van der Waals surface area contributed by atoms with Gasteiger partial charge in [-0.25, -0.2) is 4.79 Å². The van der Waals surface area contributed by atoms with Gasteiger partial charge < -0.3 is 10.2 Å². The van der Waals surface area contributed by atoms with Gasteiger partial charge in [0, 0.05) is 19.6 Å². The standard InChI is InChI=1S/C14H24N2O/c17-14(16-8-2-1-3-9-16)15-10-13(11-4-5-11)12-6-7-12/h11-13H,1-10H2,(H,15,17). The van der Waals surface area contributed by atoms with E-state index >= 15 is 0 Å². The number of urea groups is 1. The number of carbonyl (C=O) groups excluding carboxylic acids is 1. The first-order chi connectivity index (χ1) is 8.34. The summed E-state index contributed by atoms with van der Waals surface area (Å²) in [7, 11) is 0. The highest BCUT2D eigenvalue weighted by Crippen LogP contribution is 2.48. The fourth-order valence-electron chi connectivity index (χ4n) is 3.18. The van der Waals surface area contributed by atoms with Crippen LogP contribution < -0.4 is 5.32 Å². The molecule has 2 amide bonds. The molecule has 0 unspecified atom stereocenters. The lowest BCUT2D eigenvalue weighted by Crippen LogP contribution is -2.44. The number of nitrogens with zero attached hydrogens (tertiary/aromatic N) is 1. The van der Waals surface area contributed by atoms with Gasteiger partial charge in [0.1, 0.15) is 0 Å². The van der Waals surface area contributed by atoms with Gasteiger partial charge in [0.25, 0.3) is 0 Å². The molecule has 3 rings (SSSR count). The maximum atomic E-state index is 12.0. The zero-order chi connectivity index (χ0) is 11.7. The molecule has 0 aromatic heterocycles. The number of rotatable bonds is 4. The van der Waals surface area contributed by atoms with E-state index in [1.165, 1.54) is 44.9 Å². The number of nitrogens with one attached hydrogen (secondary N) is 1. The van der Waals surface area contributed by atoms with Gasteiger partial charge in [0.2, 0.25) is 0 Å². The minimum Gasteiger partial charge on any atom is -0.338 e. The first-order valence-corrected chi connectivity index (χ1v) is 7.37. The Morgan fingerprint density at radius 1 is 1.06 bits per heavy atom. The Kier molecular flexibility index (Phi) is 3.26. The van der Waals surface area contributed by atoms with E-state index in [9.17, 15) is 4.79 Å². The average molecular weight is 236 g/mol. The number of likely N-dealkylation sites (tertiary alicyclic amines) is 1. The van der Waals surface area contributed by atoms with Crippen LogP contribution in [0, 0.1) is 17.8 Å². The number of hydrogen-bond donors (Lipinski definition) is 1. The topological polar surface area (TPSA) is 32.3 Å². The zero-order valence-electron chi connectivity index (χ0n) is 10.7. The quantitative estimate of drug-likeness (QED) is 0.799. The number of amides is 2. The molecule has 1 N–H and O–H groups in total. The highest BCUT2D eigenvalue weighted by Gasteiger charge is 2.41. The molecule has 1 aliphatic heterocycles. The molecular weight excluding hydrogens is 212 g/mol. The molecule has 2 saturated carbocycles. The molecule has 96 valence electrons. The van der Waals surface area contributed by atoms with Crippen molar-refractivity contribution >= 4 is 6.03 Å². The molecule has 3 fully saturated rings. The first kappa shape index (κ1) is 11.4. The van der Waals surface area contributed by atoms with Gasteiger partial charge in [0.05, 0.1) is 0 Å². The van der Waals surface area contributed by atoms with Crippen molar-refractivity contribution in [2.75, 3.05) is 19.6 Å². The monoisotopic (exact) mass is 236 g/mol. The summed E-state index contributed by atoms with van der Waals surface area (Å²) in [6, 6.07) is 0.191. The van der Waals surface area contributed by atoms with Crippen molar-refractivity contribution in [2.24, 2.45) is 17.8 Å². The van der Waals surface area contributed by atoms with Gasteiger partial charge >= 0.3 is 6.03 Å². The van der Waals surface area contributed by atoms with Crippen LogP contribution in [0.1, 0.15) is 44.9 Å². The highest BCUT2D eigenvalue weighted by atomic mass is 16.2. The third-order valence-electron chi connectivity index (χ3n) is 4.59. The molecule has 0 radical (unpaired) electrons. The molecule has 1 heterocycles. The van der Waals surface area contributed by atoms with Crippen molar-refractivity contribution in [3.63, 3.8) is 0 Å². The van der Waals surface area contributed by atoms with Crippen molar-refractivity contribution in [3.8, 4) is 0 Å². The first-order valence-electron chi connectivity index (χ1n) is 7.37. The summed E-state index contributed by atoms with van der Waals surface area (Å²) in [6.07, 6.45) is 9.27.